The number of guanidine groups is 1. The second kappa shape index (κ2) is 10.8. The maximum Gasteiger partial charge on any atom is 0.253 e. The molecule has 1 aromatic carbocycles. The molecule has 3 rings (SSSR count). The SMILES string of the molecule is CN=C(NCCc1cccc(C(=O)N(C)C)c1)N1CCC(N2CC=CC2)C1.I. The first-order valence-electron chi connectivity index (χ1n) is 9.73. The minimum atomic E-state index is 0. The summed E-state index contributed by atoms with van der Waals surface area (Å²) >= 11 is 0. The largest absolute Gasteiger partial charge is 0.356 e. The number of halogens is 1. The van der Waals surface area contributed by atoms with E-state index < -0.39 is 0 Å². The number of rotatable bonds is 5. The van der Waals surface area contributed by atoms with Crippen molar-refractivity contribution in [1.29, 1.82) is 0 Å². The van der Waals surface area contributed by atoms with Crippen LogP contribution >= 0.6 is 24.0 Å². The lowest BCUT2D eigenvalue weighted by atomic mass is 10.1. The molecule has 154 valence electrons. The van der Waals surface area contributed by atoms with Gasteiger partial charge in [-0.15, -0.1) is 24.0 Å². The highest BCUT2D eigenvalue weighted by atomic mass is 127. The van der Waals surface area contributed by atoms with Crippen molar-refractivity contribution in [1.82, 2.24) is 20.0 Å². The van der Waals surface area contributed by atoms with Crippen LogP contribution in [0.3, 0.4) is 0 Å². The molecule has 1 N–H and O–H groups in total. The number of nitrogens with zero attached hydrogens (tertiary/aromatic N) is 4. The average Bonchev–Trinajstić information content (AvgIpc) is 3.36. The van der Waals surface area contributed by atoms with Crippen LogP contribution in [0.15, 0.2) is 41.4 Å². The minimum Gasteiger partial charge on any atom is -0.356 e. The van der Waals surface area contributed by atoms with Gasteiger partial charge in [0.1, 0.15) is 0 Å². The molecular weight excluding hydrogens is 465 g/mol. The third-order valence-corrected chi connectivity index (χ3v) is 5.31. The Labute approximate surface area is 185 Å². The quantitative estimate of drug-likeness (QED) is 0.293. The van der Waals surface area contributed by atoms with Crippen LogP contribution in [-0.4, -0.2) is 86.5 Å². The van der Waals surface area contributed by atoms with Gasteiger partial charge in [0.15, 0.2) is 5.96 Å². The summed E-state index contributed by atoms with van der Waals surface area (Å²) in [4.78, 5) is 23.1. The van der Waals surface area contributed by atoms with Crippen molar-refractivity contribution in [2.24, 2.45) is 4.99 Å². The van der Waals surface area contributed by atoms with Gasteiger partial charge in [0.25, 0.3) is 5.91 Å². The van der Waals surface area contributed by atoms with Gasteiger partial charge in [-0.1, -0.05) is 24.3 Å². The van der Waals surface area contributed by atoms with Gasteiger partial charge >= 0.3 is 0 Å². The fourth-order valence-corrected chi connectivity index (χ4v) is 3.79. The smallest absolute Gasteiger partial charge is 0.253 e. The third kappa shape index (κ3) is 5.70. The van der Waals surface area contributed by atoms with Gasteiger partial charge < -0.3 is 15.1 Å². The van der Waals surface area contributed by atoms with Gasteiger partial charge in [-0.2, -0.15) is 0 Å². The van der Waals surface area contributed by atoms with Gasteiger partial charge in [-0.3, -0.25) is 14.7 Å². The van der Waals surface area contributed by atoms with Crippen LogP contribution in [0.2, 0.25) is 0 Å². The van der Waals surface area contributed by atoms with Crippen LogP contribution in [0.25, 0.3) is 0 Å². The molecule has 2 aliphatic heterocycles. The van der Waals surface area contributed by atoms with Crippen molar-refractivity contribution in [2.75, 3.05) is 53.9 Å². The van der Waals surface area contributed by atoms with Gasteiger partial charge in [0, 0.05) is 65.5 Å². The molecule has 1 unspecified atom stereocenters. The zero-order chi connectivity index (χ0) is 19.2. The fourth-order valence-electron chi connectivity index (χ4n) is 3.79. The molecule has 1 amide bonds. The number of likely N-dealkylation sites (tertiary alicyclic amines) is 1. The van der Waals surface area contributed by atoms with Gasteiger partial charge in [0.05, 0.1) is 0 Å². The molecule has 1 atom stereocenters. The maximum atomic E-state index is 12.1. The predicted molar refractivity (Wildman–Crippen MR) is 126 cm³/mol. The Hall–Kier alpha value is -1.61. The van der Waals surface area contributed by atoms with Crippen LogP contribution in [0.4, 0.5) is 0 Å². The van der Waals surface area contributed by atoms with E-state index in [0.717, 1.165) is 56.2 Å². The molecule has 2 aliphatic rings. The summed E-state index contributed by atoms with van der Waals surface area (Å²) in [6.45, 7) is 5.04. The number of benzene rings is 1. The van der Waals surface area contributed by atoms with Crippen molar-refractivity contribution in [3.05, 3.63) is 47.5 Å². The van der Waals surface area contributed by atoms with E-state index >= 15 is 0 Å². The normalized spacial score (nSPS) is 19.6. The van der Waals surface area contributed by atoms with Crippen molar-refractivity contribution in [3.8, 4) is 0 Å². The van der Waals surface area contributed by atoms with Crippen molar-refractivity contribution in [2.45, 2.75) is 18.9 Å². The van der Waals surface area contributed by atoms with E-state index in [1.165, 1.54) is 6.42 Å². The second-order valence-electron chi connectivity index (χ2n) is 7.44. The number of amides is 1. The summed E-state index contributed by atoms with van der Waals surface area (Å²) in [6.07, 6.45) is 6.56. The molecule has 0 aromatic heterocycles. The summed E-state index contributed by atoms with van der Waals surface area (Å²) in [6, 6.07) is 8.50. The monoisotopic (exact) mass is 497 g/mol. The van der Waals surface area contributed by atoms with E-state index in [4.69, 9.17) is 0 Å². The third-order valence-electron chi connectivity index (χ3n) is 5.31. The Kier molecular flexibility index (Phi) is 8.75. The predicted octanol–water partition coefficient (Wildman–Crippen LogP) is 2.07. The van der Waals surface area contributed by atoms with E-state index in [1.54, 1.807) is 19.0 Å². The molecule has 2 heterocycles. The number of nitrogens with one attached hydrogen (secondary N) is 1. The summed E-state index contributed by atoms with van der Waals surface area (Å²) in [7, 11) is 5.41. The number of aliphatic imine (C=N–C) groups is 1. The Balaban J connectivity index is 0.00000280. The first-order valence-corrected chi connectivity index (χ1v) is 9.73. The minimum absolute atomic E-state index is 0. The van der Waals surface area contributed by atoms with Gasteiger partial charge in [0.2, 0.25) is 0 Å². The highest BCUT2D eigenvalue weighted by molar-refractivity contribution is 14.0. The molecule has 0 spiro atoms. The lowest BCUT2D eigenvalue weighted by molar-refractivity contribution is 0.0827. The van der Waals surface area contributed by atoms with Crippen LogP contribution in [0.5, 0.6) is 0 Å². The van der Waals surface area contributed by atoms with Gasteiger partial charge in [-0.25, -0.2) is 0 Å². The Morgan fingerprint density at radius 1 is 1.29 bits per heavy atom. The fraction of sp³-hybridized carbons (Fsp3) is 0.524. The van der Waals surface area contributed by atoms with E-state index in [1.807, 2.05) is 25.2 Å². The molecule has 28 heavy (non-hydrogen) atoms. The summed E-state index contributed by atoms with van der Waals surface area (Å²) < 4.78 is 0. The van der Waals surface area contributed by atoms with E-state index in [9.17, 15) is 4.79 Å². The molecule has 7 heteroatoms. The molecule has 1 saturated heterocycles. The molecule has 0 aliphatic carbocycles. The van der Waals surface area contributed by atoms with Crippen molar-refractivity contribution < 1.29 is 4.79 Å². The van der Waals surface area contributed by atoms with Crippen LogP contribution < -0.4 is 5.32 Å². The van der Waals surface area contributed by atoms with E-state index in [-0.39, 0.29) is 29.9 Å². The van der Waals surface area contributed by atoms with Crippen LogP contribution in [0.1, 0.15) is 22.3 Å². The zero-order valence-corrected chi connectivity index (χ0v) is 19.4. The van der Waals surface area contributed by atoms with E-state index in [2.05, 4.69) is 38.3 Å². The van der Waals surface area contributed by atoms with Crippen LogP contribution in [0, 0.1) is 0 Å². The molecule has 0 bridgehead atoms. The summed E-state index contributed by atoms with van der Waals surface area (Å²) in [5.74, 6) is 1.02. The lowest BCUT2D eigenvalue weighted by Crippen LogP contribution is -2.43. The van der Waals surface area contributed by atoms with Crippen LogP contribution in [-0.2, 0) is 6.42 Å². The number of carbonyl (C=O) groups is 1. The number of hydrogen-bond acceptors (Lipinski definition) is 3. The van der Waals surface area contributed by atoms with Gasteiger partial charge in [-0.05, 0) is 30.5 Å². The molecule has 0 saturated carbocycles. The van der Waals surface area contributed by atoms with Crippen molar-refractivity contribution in [3.63, 3.8) is 0 Å². The van der Waals surface area contributed by atoms with E-state index in [0.29, 0.717) is 6.04 Å². The molecular formula is C21H32IN5O. The number of hydrogen-bond donors (Lipinski definition) is 1. The average molecular weight is 497 g/mol. The number of carbonyl (C=O) groups excluding carboxylic acids is 1. The first-order chi connectivity index (χ1) is 13.1. The second-order valence-corrected chi connectivity index (χ2v) is 7.44. The standard InChI is InChI=1S/C21H31N5O.HI/c1-22-21(26-14-10-19(16-26)25-12-4-5-13-25)23-11-9-17-7-6-8-18(15-17)20(27)24(2)3;/h4-8,15,19H,9-14,16H2,1-3H3,(H,22,23);1H. The molecule has 0 radical (unpaired) electrons. The Bertz CT molecular complexity index is 711. The summed E-state index contributed by atoms with van der Waals surface area (Å²) in [5, 5.41) is 3.49. The maximum absolute atomic E-state index is 12.1. The molecule has 1 aromatic rings. The highest BCUT2D eigenvalue weighted by Gasteiger charge is 2.29. The topological polar surface area (TPSA) is 51.2 Å². The zero-order valence-electron chi connectivity index (χ0n) is 17.1. The Morgan fingerprint density at radius 2 is 2.04 bits per heavy atom. The molecule has 1 fully saturated rings. The van der Waals surface area contributed by atoms with Crippen molar-refractivity contribution >= 4 is 35.8 Å². The summed E-state index contributed by atoms with van der Waals surface area (Å²) in [5.41, 5.74) is 1.90. The first kappa shape index (κ1) is 22.7. The lowest BCUT2D eigenvalue weighted by Gasteiger charge is -2.25. The molecule has 6 nitrogen and oxygen atoms in total. The highest BCUT2D eigenvalue weighted by Crippen LogP contribution is 2.18. The Morgan fingerprint density at radius 3 is 2.71 bits per heavy atom.